The molecule has 114 valence electrons. The number of rotatable bonds is 7. The van der Waals surface area contributed by atoms with Crippen molar-refractivity contribution in [2.75, 3.05) is 19.6 Å². The van der Waals surface area contributed by atoms with Gasteiger partial charge >= 0.3 is 0 Å². The first-order valence-corrected chi connectivity index (χ1v) is 7.31. The van der Waals surface area contributed by atoms with Crippen LogP contribution in [0, 0.1) is 19.3 Å². The number of aryl methyl sites for hydroxylation is 1. The normalized spacial score (nSPS) is 11.0. The molecule has 0 radical (unpaired) electrons. The van der Waals surface area contributed by atoms with E-state index >= 15 is 0 Å². The van der Waals surface area contributed by atoms with Gasteiger partial charge < -0.3 is 15.2 Å². The number of nitrogens with zero attached hydrogens (tertiary/aromatic N) is 2. The second kappa shape index (κ2) is 9.65. The summed E-state index contributed by atoms with van der Waals surface area (Å²) in [5.41, 5.74) is 1.05. The lowest BCUT2D eigenvalue weighted by Gasteiger charge is -2.10. The quantitative estimate of drug-likeness (QED) is 0.342. The summed E-state index contributed by atoms with van der Waals surface area (Å²) in [5.74, 6) is 3.26. The number of nitrogens with one attached hydrogen (secondary N) is 2. The van der Waals surface area contributed by atoms with Gasteiger partial charge in [0.15, 0.2) is 5.96 Å². The number of guanidine groups is 1. The number of unbranched alkanes of at least 4 members (excludes halogenated alkanes) is 1. The molecule has 0 atom stereocenters. The third-order valence-electron chi connectivity index (χ3n) is 3.03. The largest absolute Gasteiger partial charge is 0.357 e. The van der Waals surface area contributed by atoms with E-state index in [1.165, 1.54) is 0 Å². The average Bonchev–Trinajstić information content (AvgIpc) is 2.47. The third-order valence-corrected chi connectivity index (χ3v) is 3.03. The molecule has 0 aliphatic heterocycles. The van der Waals surface area contributed by atoms with Crippen LogP contribution in [0.1, 0.15) is 25.5 Å². The molecule has 0 saturated heterocycles. The molecule has 0 aromatic carbocycles. The van der Waals surface area contributed by atoms with E-state index in [0.29, 0.717) is 13.1 Å². The highest BCUT2D eigenvalue weighted by Gasteiger charge is 1.99. The molecule has 0 spiro atoms. The van der Waals surface area contributed by atoms with Crippen LogP contribution in [0.5, 0.6) is 0 Å². The van der Waals surface area contributed by atoms with E-state index in [1.807, 2.05) is 19.9 Å². The Kier molecular flexibility index (Phi) is 7.73. The summed E-state index contributed by atoms with van der Waals surface area (Å²) < 4.78 is 1.80. The number of aliphatic imine (C=N–C) groups is 1. The van der Waals surface area contributed by atoms with Gasteiger partial charge in [-0.2, -0.15) is 0 Å². The number of pyridine rings is 1. The fraction of sp³-hybridized carbons (Fsp3) is 0.500. The molecule has 1 heterocycles. The smallest absolute Gasteiger partial charge is 0.250 e. The molecule has 0 bridgehead atoms. The van der Waals surface area contributed by atoms with Crippen molar-refractivity contribution in [3.63, 3.8) is 0 Å². The van der Waals surface area contributed by atoms with Crippen LogP contribution in [0.25, 0.3) is 0 Å². The van der Waals surface area contributed by atoms with Crippen LogP contribution in [-0.2, 0) is 6.54 Å². The number of aromatic nitrogens is 1. The van der Waals surface area contributed by atoms with Crippen molar-refractivity contribution < 1.29 is 0 Å². The molecule has 5 nitrogen and oxygen atoms in total. The van der Waals surface area contributed by atoms with Crippen molar-refractivity contribution in [3.8, 4) is 12.3 Å². The van der Waals surface area contributed by atoms with Crippen LogP contribution in [0.15, 0.2) is 28.0 Å². The second-order valence-electron chi connectivity index (χ2n) is 4.68. The number of terminal acetylenes is 1. The van der Waals surface area contributed by atoms with Gasteiger partial charge in [0.05, 0.1) is 6.54 Å². The fourth-order valence-corrected chi connectivity index (χ4v) is 1.96. The minimum atomic E-state index is 0.0579. The lowest BCUT2D eigenvalue weighted by Crippen LogP contribution is -2.37. The first-order chi connectivity index (χ1) is 10.2. The molecule has 0 fully saturated rings. The molecule has 1 rings (SSSR count). The monoisotopic (exact) mass is 288 g/mol. The molecule has 0 aliphatic carbocycles. The van der Waals surface area contributed by atoms with Crippen molar-refractivity contribution in [1.29, 1.82) is 0 Å². The van der Waals surface area contributed by atoms with Crippen LogP contribution in [0.3, 0.4) is 0 Å². The Hall–Kier alpha value is -2.22. The van der Waals surface area contributed by atoms with Crippen LogP contribution in [-0.4, -0.2) is 30.2 Å². The summed E-state index contributed by atoms with van der Waals surface area (Å²) in [5, 5.41) is 6.18. The Balaban J connectivity index is 2.39. The third kappa shape index (κ3) is 6.17. The van der Waals surface area contributed by atoms with Crippen LogP contribution in [0.2, 0.25) is 0 Å². The Morgan fingerprint density at radius 3 is 2.86 bits per heavy atom. The highest BCUT2D eigenvalue weighted by atomic mass is 16.1. The summed E-state index contributed by atoms with van der Waals surface area (Å²) in [6.45, 7) is 6.67. The van der Waals surface area contributed by atoms with Gasteiger partial charge in [-0.3, -0.25) is 9.79 Å². The van der Waals surface area contributed by atoms with Crippen LogP contribution >= 0.6 is 0 Å². The van der Waals surface area contributed by atoms with E-state index in [2.05, 4.69) is 21.5 Å². The zero-order valence-corrected chi connectivity index (χ0v) is 12.9. The lowest BCUT2D eigenvalue weighted by atomic mass is 10.3. The van der Waals surface area contributed by atoms with Gasteiger partial charge in [0.2, 0.25) is 0 Å². The Bertz CT molecular complexity index is 554. The fourth-order valence-electron chi connectivity index (χ4n) is 1.96. The molecule has 1 aromatic rings. The molecule has 2 N–H and O–H groups in total. The average molecular weight is 288 g/mol. The van der Waals surface area contributed by atoms with Gasteiger partial charge in [0.25, 0.3) is 5.56 Å². The van der Waals surface area contributed by atoms with Gasteiger partial charge in [0, 0.05) is 31.4 Å². The minimum absolute atomic E-state index is 0.0579. The minimum Gasteiger partial charge on any atom is -0.357 e. The van der Waals surface area contributed by atoms with Gasteiger partial charge in [0.1, 0.15) is 0 Å². The van der Waals surface area contributed by atoms with E-state index in [4.69, 9.17) is 6.42 Å². The molecule has 0 aliphatic rings. The molecular formula is C16H24N4O. The second-order valence-corrected chi connectivity index (χ2v) is 4.68. The van der Waals surface area contributed by atoms with Crippen molar-refractivity contribution in [2.24, 2.45) is 4.99 Å². The van der Waals surface area contributed by atoms with Gasteiger partial charge in [-0.05, 0) is 32.8 Å². The van der Waals surface area contributed by atoms with Crippen molar-refractivity contribution in [3.05, 3.63) is 34.2 Å². The highest BCUT2D eigenvalue weighted by molar-refractivity contribution is 5.79. The maximum Gasteiger partial charge on any atom is 0.250 e. The van der Waals surface area contributed by atoms with E-state index in [1.54, 1.807) is 16.7 Å². The summed E-state index contributed by atoms with van der Waals surface area (Å²) in [6, 6.07) is 5.34. The number of hydrogen-bond acceptors (Lipinski definition) is 2. The zero-order valence-electron chi connectivity index (χ0n) is 12.9. The predicted octanol–water partition coefficient (Wildman–Crippen LogP) is 1.13. The van der Waals surface area contributed by atoms with E-state index in [0.717, 1.165) is 37.6 Å². The van der Waals surface area contributed by atoms with Gasteiger partial charge in [-0.25, -0.2) is 0 Å². The predicted molar refractivity (Wildman–Crippen MR) is 87.5 cm³/mol. The van der Waals surface area contributed by atoms with E-state index in [-0.39, 0.29) is 5.56 Å². The zero-order chi connectivity index (χ0) is 15.5. The molecule has 1 aromatic heterocycles. The summed E-state index contributed by atoms with van der Waals surface area (Å²) in [4.78, 5) is 16.2. The number of hydrogen-bond donors (Lipinski definition) is 2. The lowest BCUT2D eigenvalue weighted by molar-refractivity contribution is 0.585. The highest BCUT2D eigenvalue weighted by Crippen LogP contribution is 1.98. The Morgan fingerprint density at radius 2 is 2.19 bits per heavy atom. The van der Waals surface area contributed by atoms with Gasteiger partial charge in [-0.1, -0.05) is 12.0 Å². The summed E-state index contributed by atoms with van der Waals surface area (Å²) >= 11 is 0. The molecular weight excluding hydrogens is 264 g/mol. The SMILES string of the molecule is C#CCNC(=NCCCCn1c(C)cccc1=O)NCC. The Morgan fingerprint density at radius 1 is 1.38 bits per heavy atom. The van der Waals surface area contributed by atoms with E-state index < -0.39 is 0 Å². The maximum absolute atomic E-state index is 11.7. The molecule has 0 saturated carbocycles. The summed E-state index contributed by atoms with van der Waals surface area (Å²) in [7, 11) is 0. The molecule has 0 unspecified atom stereocenters. The van der Waals surface area contributed by atoms with E-state index in [9.17, 15) is 4.79 Å². The van der Waals surface area contributed by atoms with Crippen molar-refractivity contribution in [2.45, 2.75) is 33.2 Å². The standard InChI is InChI=1S/C16H24N4O/c1-4-11-18-16(17-5-2)19-12-6-7-13-20-14(3)9-8-10-15(20)21/h1,8-10H,5-7,11-13H2,2-3H3,(H2,17,18,19). The topological polar surface area (TPSA) is 58.4 Å². The van der Waals surface area contributed by atoms with Crippen LogP contribution in [0.4, 0.5) is 0 Å². The summed E-state index contributed by atoms with van der Waals surface area (Å²) in [6.07, 6.45) is 7.06. The first kappa shape index (κ1) is 16.8. The molecule has 21 heavy (non-hydrogen) atoms. The Labute approximate surface area is 126 Å². The molecule has 5 heteroatoms. The van der Waals surface area contributed by atoms with Crippen molar-refractivity contribution in [1.82, 2.24) is 15.2 Å². The van der Waals surface area contributed by atoms with Crippen molar-refractivity contribution >= 4 is 5.96 Å². The van der Waals surface area contributed by atoms with Crippen LogP contribution < -0.4 is 16.2 Å². The first-order valence-electron chi connectivity index (χ1n) is 7.31. The maximum atomic E-state index is 11.7. The van der Waals surface area contributed by atoms with Gasteiger partial charge in [-0.15, -0.1) is 6.42 Å². The molecule has 0 amide bonds.